The van der Waals surface area contributed by atoms with Crippen molar-refractivity contribution in [3.05, 3.63) is 0 Å². The number of sulfonamides is 1. The molecule has 2 atom stereocenters. The largest absolute Gasteiger partial charge is 0.480 e. The van der Waals surface area contributed by atoms with Crippen molar-refractivity contribution in [3.63, 3.8) is 0 Å². The van der Waals surface area contributed by atoms with Crippen molar-refractivity contribution in [2.45, 2.75) is 65.0 Å². The zero-order valence-electron chi connectivity index (χ0n) is 14.0. The number of nitrogens with one attached hydrogen (secondary N) is 2. The summed E-state index contributed by atoms with van der Waals surface area (Å²) in [6.45, 7) is 5.66. The first-order chi connectivity index (χ1) is 10.6. The van der Waals surface area contributed by atoms with E-state index in [9.17, 15) is 18.0 Å². The van der Waals surface area contributed by atoms with Crippen molar-refractivity contribution in [2.24, 2.45) is 11.8 Å². The molecule has 1 saturated carbocycles. The van der Waals surface area contributed by atoms with Crippen LogP contribution in [0.1, 0.15) is 52.9 Å². The van der Waals surface area contributed by atoms with Gasteiger partial charge in [0.25, 0.3) is 0 Å². The quantitative estimate of drug-likeness (QED) is 0.608. The maximum atomic E-state index is 12.1. The Kier molecular flexibility index (Phi) is 7.47. The van der Waals surface area contributed by atoms with Gasteiger partial charge in [0, 0.05) is 6.04 Å². The summed E-state index contributed by atoms with van der Waals surface area (Å²) in [5.74, 6) is -2.34. The molecule has 0 aromatic carbocycles. The van der Waals surface area contributed by atoms with Crippen LogP contribution in [0.2, 0.25) is 0 Å². The van der Waals surface area contributed by atoms with E-state index in [0.29, 0.717) is 12.3 Å². The monoisotopic (exact) mass is 348 g/mol. The standard InChI is InChI=1S/C15H28N2O5S/c1-4-11(3)14(15(19)20)16-13(18)9-23(21,22)17-12-7-5-10(2)6-8-12/h10-12,14,17H,4-9H2,1-3H3,(H,16,18)(H,19,20). The molecule has 1 fully saturated rings. The van der Waals surface area contributed by atoms with Crippen molar-refractivity contribution in [1.29, 1.82) is 0 Å². The maximum absolute atomic E-state index is 12.1. The fourth-order valence-electron chi connectivity index (χ4n) is 2.74. The number of rotatable bonds is 8. The molecule has 0 aromatic heterocycles. The van der Waals surface area contributed by atoms with E-state index in [1.54, 1.807) is 6.92 Å². The van der Waals surface area contributed by atoms with Crippen LogP contribution in [0, 0.1) is 11.8 Å². The van der Waals surface area contributed by atoms with Crippen molar-refractivity contribution >= 4 is 21.9 Å². The molecule has 7 nitrogen and oxygen atoms in total. The predicted octanol–water partition coefficient (Wildman–Crippen LogP) is 1.10. The van der Waals surface area contributed by atoms with Gasteiger partial charge in [0.2, 0.25) is 15.9 Å². The average Bonchev–Trinajstić information content (AvgIpc) is 2.45. The maximum Gasteiger partial charge on any atom is 0.326 e. The summed E-state index contributed by atoms with van der Waals surface area (Å²) in [6, 6.07) is -1.20. The average molecular weight is 348 g/mol. The summed E-state index contributed by atoms with van der Waals surface area (Å²) < 4.78 is 26.7. The zero-order valence-corrected chi connectivity index (χ0v) is 14.9. The Morgan fingerprint density at radius 3 is 2.26 bits per heavy atom. The molecule has 1 aliphatic rings. The second-order valence-electron chi connectivity index (χ2n) is 6.60. The van der Waals surface area contributed by atoms with Crippen LogP contribution >= 0.6 is 0 Å². The SMILES string of the molecule is CCC(C)C(NC(=O)CS(=O)(=O)NC1CCC(C)CC1)C(=O)O. The third-order valence-corrected chi connectivity index (χ3v) is 5.81. The zero-order chi connectivity index (χ0) is 17.6. The van der Waals surface area contributed by atoms with Gasteiger partial charge in [-0.3, -0.25) is 4.79 Å². The van der Waals surface area contributed by atoms with Gasteiger partial charge in [-0.25, -0.2) is 17.9 Å². The number of carbonyl (C=O) groups excluding carboxylic acids is 1. The van der Waals surface area contributed by atoms with Crippen LogP contribution in [0.3, 0.4) is 0 Å². The van der Waals surface area contributed by atoms with Crippen LogP contribution in [0.15, 0.2) is 0 Å². The van der Waals surface area contributed by atoms with Crippen LogP contribution in [-0.2, 0) is 19.6 Å². The fourth-order valence-corrected chi connectivity index (χ4v) is 4.00. The third kappa shape index (κ3) is 6.87. The molecule has 0 bridgehead atoms. The smallest absolute Gasteiger partial charge is 0.326 e. The minimum absolute atomic E-state index is 0.131. The number of carbonyl (C=O) groups is 2. The van der Waals surface area contributed by atoms with Crippen LogP contribution in [0.4, 0.5) is 0 Å². The van der Waals surface area contributed by atoms with Crippen LogP contribution in [0.25, 0.3) is 0 Å². The molecule has 3 N–H and O–H groups in total. The lowest BCUT2D eigenvalue weighted by Gasteiger charge is -2.26. The van der Waals surface area contributed by atoms with Crippen LogP contribution in [0.5, 0.6) is 0 Å². The lowest BCUT2D eigenvalue weighted by Crippen LogP contribution is -2.49. The molecule has 2 unspecified atom stereocenters. The summed E-state index contributed by atoms with van der Waals surface area (Å²) in [5, 5.41) is 11.4. The molecule has 0 saturated heterocycles. The third-order valence-electron chi connectivity index (χ3n) is 4.48. The van der Waals surface area contributed by atoms with Crippen molar-refractivity contribution in [2.75, 3.05) is 5.75 Å². The molecule has 0 aromatic rings. The van der Waals surface area contributed by atoms with Crippen molar-refractivity contribution in [3.8, 4) is 0 Å². The first-order valence-corrected chi connectivity index (χ1v) is 9.82. The molecule has 0 aliphatic heterocycles. The molecular weight excluding hydrogens is 320 g/mol. The van der Waals surface area contributed by atoms with Crippen LogP contribution < -0.4 is 10.0 Å². The summed E-state index contributed by atoms with van der Waals surface area (Å²) in [5.41, 5.74) is 0. The van der Waals surface area contributed by atoms with Crippen molar-refractivity contribution in [1.82, 2.24) is 10.0 Å². The van der Waals surface area contributed by atoms with E-state index >= 15 is 0 Å². The highest BCUT2D eigenvalue weighted by Gasteiger charge is 2.29. The Labute approximate surface area is 138 Å². The summed E-state index contributed by atoms with van der Waals surface area (Å²) in [4.78, 5) is 23.1. The highest BCUT2D eigenvalue weighted by Crippen LogP contribution is 2.23. The Balaban J connectivity index is 2.55. The van der Waals surface area contributed by atoms with Gasteiger partial charge >= 0.3 is 5.97 Å². The van der Waals surface area contributed by atoms with E-state index < -0.39 is 33.7 Å². The second-order valence-corrected chi connectivity index (χ2v) is 8.36. The molecule has 1 aliphatic carbocycles. The molecule has 1 rings (SSSR count). The molecular formula is C15H28N2O5S. The predicted molar refractivity (Wildman–Crippen MR) is 87.4 cm³/mol. The Morgan fingerprint density at radius 1 is 1.22 bits per heavy atom. The van der Waals surface area contributed by atoms with E-state index in [1.165, 1.54) is 0 Å². The Morgan fingerprint density at radius 2 is 1.78 bits per heavy atom. The number of carboxylic acids is 1. The Bertz CT molecular complexity index is 512. The van der Waals surface area contributed by atoms with Crippen molar-refractivity contribution < 1.29 is 23.1 Å². The summed E-state index contributed by atoms with van der Waals surface area (Å²) in [7, 11) is -3.76. The van der Waals surface area contributed by atoms with Gasteiger partial charge in [0.05, 0.1) is 0 Å². The van der Waals surface area contributed by atoms with Gasteiger partial charge in [-0.05, 0) is 37.5 Å². The molecule has 0 heterocycles. The Hall–Kier alpha value is -1.15. The van der Waals surface area contributed by atoms with Gasteiger partial charge < -0.3 is 10.4 Å². The normalized spacial score (nSPS) is 24.7. The van der Waals surface area contributed by atoms with Gasteiger partial charge in [-0.15, -0.1) is 0 Å². The summed E-state index contributed by atoms with van der Waals surface area (Å²) in [6.07, 6.45) is 4.05. The number of hydrogen-bond donors (Lipinski definition) is 3. The first-order valence-electron chi connectivity index (χ1n) is 8.16. The van der Waals surface area contributed by atoms with Crippen LogP contribution in [-0.4, -0.2) is 43.2 Å². The minimum atomic E-state index is -3.76. The molecule has 0 spiro atoms. The van der Waals surface area contributed by atoms with E-state index in [4.69, 9.17) is 5.11 Å². The fraction of sp³-hybridized carbons (Fsp3) is 0.867. The number of aliphatic carboxylic acids is 1. The number of amides is 1. The highest BCUT2D eigenvalue weighted by atomic mass is 32.2. The topological polar surface area (TPSA) is 113 Å². The number of carboxylic acid groups (broad SMARTS) is 1. The van der Waals surface area contributed by atoms with Gasteiger partial charge in [-0.2, -0.15) is 0 Å². The highest BCUT2D eigenvalue weighted by molar-refractivity contribution is 7.90. The lowest BCUT2D eigenvalue weighted by atomic mass is 9.88. The molecule has 134 valence electrons. The number of hydrogen-bond acceptors (Lipinski definition) is 4. The minimum Gasteiger partial charge on any atom is -0.480 e. The molecule has 23 heavy (non-hydrogen) atoms. The second kappa shape index (κ2) is 8.63. The lowest BCUT2D eigenvalue weighted by molar-refractivity contribution is -0.143. The summed E-state index contributed by atoms with van der Waals surface area (Å²) >= 11 is 0. The van der Waals surface area contributed by atoms with Gasteiger partial charge in [-0.1, -0.05) is 27.2 Å². The van der Waals surface area contributed by atoms with E-state index in [-0.39, 0.29) is 12.0 Å². The van der Waals surface area contributed by atoms with E-state index in [0.717, 1.165) is 25.7 Å². The van der Waals surface area contributed by atoms with E-state index in [1.807, 2.05) is 6.92 Å². The van der Waals surface area contributed by atoms with Gasteiger partial charge in [0.15, 0.2) is 0 Å². The molecule has 0 radical (unpaired) electrons. The van der Waals surface area contributed by atoms with Gasteiger partial charge in [0.1, 0.15) is 11.8 Å². The first kappa shape index (κ1) is 19.9. The molecule has 8 heteroatoms. The molecule has 1 amide bonds. The van der Waals surface area contributed by atoms with E-state index in [2.05, 4.69) is 17.0 Å².